The van der Waals surface area contributed by atoms with Gasteiger partial charge >= 0.3 is 0 Å². The van der Waals surface area contributed by atoms with E-state index in [-0.39, 0.29) is 23.0 Å². The van der Waals surface area contributed by atoms with E-state index in [4.69, 9.17) is 32.7 Å². The molecule has 1 aliphatic heterocycles. The molecule has 0 N–H and O–H groups in total. The summed E-state index contributed by atoms with van der Waals surface area (Å²) in [5.41, 5.74) is 1.59. The van der Waals surface area contributed by atoms with Gasteiger partial charge in [-0.1, -0.05) is 41.4 Å². The first kappa shape index (κ1) is 25.3. The molecule has 3 atom stereocenters. The summed E-state index contributed by atoms with van der Waals surface area (Å²) in [7, 11) is 7.63. The van der Waals surface area contributed by atoms with Crippen molar-refractivity contribution in [2.45, 2.75) is 49.2 Å². The van der Waals surface area contributed by atoms with Crippen molar-refractivity contribution < 1.29 is 14.3 Å². The summed E-state index contributed by atoms with van der Waals surface area (Å²) < 4.78 is 12.0. The van der Waals surface area contributed by atoms with E-state index >= 15 is 0 Å². The minimum Gasteiger partial charge on any atom is -0.497 e. The van der Waals surface area contributed by atoms with Gasteiger partial charge in [0.05, 0.1) is 29.2 Å². The Hall–Kier alpha value is -1.79. The number of ether oxygens (including phenoxy) is 2. The zero-order valence-electron chi connectivity index (χ0n) is 20.4. The minimum atomic E-state index is -0.309. The van der Waals surface area contributed by atoms with Gasteiger partial charge in [-0.2, -0.15) is 0 Å². The van der Waals surface area contributed by atoms with E-state index in [1.165, 1.54) is 5.56 Å². The molecule has 0 spiro atoms. The topological polar surface area (TPSA) is 42.0 Å². The molecule has 1 saturated heterocycles. The smallest absolute Gasteiger partial charge is 0.226 e. The fraction of sp³-hybridized carbons (Fsp3) is 0.519. The first-order valence-electron chi connectivity index (χ1n) is 11.8. The fourth-order valence-corrected chi connectivity index (χ4v) is 6.40. The van der Waals surface area contributed by atoms with Crippen LogP contribution >= 0.6 is 23.2 Å². The van der Waals surface area contributed by atoms with E-state index in [9.17, 15) is 4.79 Å². The van der Waals surface area contributed by atoms with Crippen LogP contribution in [0.15, 0.2) is 42.5 Å². The zero-order valence-corrected chi connectivity index (χ0v) is 22.0. The second kappa shape index (κ2) is 10.1. The van der Waals surface area contributed by atoms with Crippen molar-refractivity contribution in [3.63, 3.8) is 0 Å². The number of hydrogen-bond donors (Lipinski definition) is 0. The van der Waals surface area contributed by atoms with E-state index < -0.39 is 0 Å². The van der Waals surface area contributed by atoms with Gasteiger partial charge < -0.3 is 19.3 Å². The second-order valence-electron chi connectivity index (χ2n) is 9.83. The van der Waals surface area contributed by atoms with Crippen molar-refractivity contribution in [2.75, 3.05) is 41.4 Å². The largest absolute Gasteiger partial charge is 0.497 e. The Balaban J connectivity index is 1.64. The molecule has 4 rings (SSSR count). The number of amides is 1. The highest BCUT2D eigenvalue weighted by molar-refractivity contribution is 6.42. The molecule has 7 heteroatoms. The van der Waals surface area contributed by atoms with Crippen LogP contribution in [0.3, 0.4) is 0 Å². The zero-order chi connectivity index (χ0) is 24.5. The molecule has 2 fully saturated rings. The lowest BCUT2D eigenvalue weighted by molar-refractivity contribution is -0.157. The number of fused-ring (bicyclic) bond motifs is 1. The summed E-state index contributed by atoms with van der Waals surface area (Å²) in [5, 5.41) is 0.970. The average molecular weight is 505 g/mol. The van der Waals surface area contributed by atoms with Crippen LogP contribution < -0.4 is 4.74 Å². The molecule has 2 aliphatic rings. The summed E-state index contributed by atoms with van der Waals surface area (Å²) >= 11 is 12.2. The highest BCUT2D eigenvalue weighted by Gasteiger charge is 2.59. The Morgan fingerprint density at radius 1 is 1.15 bits per heavy atom. The van der Waals surface area contributed by atoms with Gasteiger partial charge in [-0.25, -0.2) is 0 Å². The summed E-state index contributed by atoms with van der Waals surface area (Å²) in [6, 6.07) is 13.9. The number of hydrogen-bond acceptors (Lipinski definition) is 4. The third kappa shape index (κ3) is 4.56. The summed E-state index contributed by atoms with van der Waals surface area (Å²) in [6.07, 6.45) is 3.91. The van der Waals surface area contributed by atoms with Crippen molar-refractivity contribution in [1.29, 1.82) is 0 Å². The van der Waals surface area contributed by atoms with Crippen LogP contribution in [0.5, 0.6) is 5.75 Å². The molecule has 1 aliphatic carbocycles. The van der Waals surface area contributed by atoms with Gasteiger partial charge in [-0.3, -0.25) is 4.79 Å². The van der Waals surface area contributed by atoms with E-state index in [1.807, 2.05) is 31.2 Å². The third-order valence-corrected chi connectivity index (χ3v) is 8.82. The van der Waals surface area contributed by atoms with Gasteiger partial charge in [0.15, 0.2) is 0 Å². The monoisotopic (exact) mass is 504 g/mol. The number of carbonyl (C=O) groups excluding carboxylic acids is 1. The summed E-state index contributed by atoms with van der Waals surface area (Å²) in [5.74, 6) is 0.934. The predicted molar refractivity (Wildman–Crippen MR) is 137 cm³/mol. The van der Waals surface area contributed by atoms with E-state index in [1.54, 1.807) is 19.2 Å². The maximum Gasteiger partial charge on any atom is 0.226 e. The maximum atomic E-state index is 13.3. The van der Waals surface area contributed by atoms with Gasteiger partial charge in [0.1, 0.15) is 5.75 Å². The quantitative estimate of drug-likeness (QED) is 0.541. The van der Waals surface area contributed by atoms with Gasteiger partial charge in [0.25, 0.3) is 0 Å². The second-order valence-corrected chi connectivity index (χ2v) is 10.6. The Labute approximate surface area is 212 Å². The van der Waals surface area contributed by atoms with Crippen molar-refractivity contribution in [3.8, 4) is 5.75 Å². The lowest BCUT2D eigenvalue weighted by Crippen LogP contribution is -2.67. The molecule has 1 amide bonds. The lowest BCUT2D eigenvalue weighted by Gasteiger charge is -2.60. The van der Waals surface area contributed by atoms with Crippen LogP contribution in [0.2, 0.25) is 10.0 Å². The van der Waals surface area contributed by atoms with Gasteiger partial charge in [-0.15, -0.1) is 0 Å². The van der Waals surface area contributed by atoms with Crippen LogP contribution in [0.4, 0.5) is 0 Å². The Morgan fingerprint density at radius 2 is 1.94 bits per heavy atom. The Bertz CT molecular complexity index is 1050. The van der Waals surface area contributed by atoms with Crippen LogP contribution in [-0.4, -0.2) is 68.8 Å². The first-order valence-corrected chi connectivity index (χ1v) is 12.6. The highest BCUT2D eigenvalue weighted by Crippen LogP contribution is 2.54. The molecule has 184 valence electrons. The molecule has 1 saturated carbocycles. The molecule has 1 heterocycles. The van der Waals surface area contributed by atoms with Crippen LogP contribution in [0.25, 0.3) is 0 Å². The lowest BCUT2D eigenvalue weighted by atomic mass is 9.55. The number of piperidine rings is 1. The Kier molecular flexibility index (Phi) is 7.49. The maximum absolute atomic E-state index is 13.3. The van der Waals surface area contributed by atoms with Gasteiger partial charge in [-0.05, 0) is 74.7 Å². The van der Waals surface area contributed by atoms with E-state index in [0.29, 0.717) is 16.5 Å². The van der Waals surface area contributed by atoms with Crippen molar-refractivity contribution in [2.24, 2.45) is 0 Å². The van der Waals surface area contributed by atoms with E-state index in [0.717, 1.165) is 50.1 Å². The number of methoxy groups -OCH3 is 2. The number of likely N-dealkylation sites (tertiary alicyclic amines) is 1. The van der Waals surface area contributed by atoms with Gasteiger partial charge in [0.2, 0.25) is 5.91 Å². The molecule has 2 aromatic rings. The van der Waals surface area contributed by atoms with Crippen molar-refractivity contribution in [1.82, 2.24) is 9.80 Å². The van der Waals surface area contributed by atoms with Crippen LogP contribution in [0, 0.1) is 0 Å². The summed E-state index contributed by atoms with van der Waals surface area (Å²) in [4.78, 5) is 17.6. The number of nitrogens with zero attached hydrogens (tertiary/aromatic N) is 2. The molecule has 0 unspecified atom stereocenters. The minimum absolute atomic E-state index is 0.0852. The number of carbonyl (C=O) groups is 1. The SMILES string of the molecule is COc1cccc([C@@]23CCN(C)C[C@@]2(OC)CC[C@@H](N(C)C(=O)Cc2ccc(Cl)c(Cl)c2)C3)c1. The van der Waals surface area contributed by atoms with Crippen LogP contribution in [-0.2, 0) is 21.4 Å². The molecule has 5 nitrogen and oxygen atoms in total. The van der Waals surface area contributed by atoms with Crippen molar-refractivity contribution >= 4 is 29.1 Å². The third-order valence-electron chi connectivity index (χ3n) is 8.08. The highest BCUT2D eigenvalue weighted by atomic mass is 35.5. The van der Waals surface area contributed by atoms with Gasteiger partial charge in [0, 0.05) is 32.2 Å². The standard InChI is InChI=1S/C27H34Cl2N2O3/c1-30-13-12-26(20-6-5-7-22(16-20)33-3)17-21(10-11-27(26,18-30)34-4)31(2)25(32)15-19-8-9-23(28)24(29)14-19/h5-9,14,16,21H,10-13,15,17-18H2,1-4H3/t21-,26+,27+/m1/s1. The molecular formula is C27H34Cl2N2O3. The number of rotatable bonds is 6. The molecule has 0 radical (unpaired) electrons. The molecule has 34 heavy (non-hydrogen) atoms. The molecule has 0 bridgehead atoms. The molecular weight excluding hydrogens is 471 g/mol. The molecule has 0 aromatic heterocycles. The number of halogens is 2. The number of benzene rings is 2. The average Bonchev–Trinajstić information content (AvgIpc) is 2.85. The summed E-state index contributed by atoms with van der Waals surface area (Å²) in [6.45, 7) is 1.85. The van der Waals surface area contributed by atoms with Crippen LogP contribution in [0.1, 0.15) is 36.8 Å². The predicted octanol–water partition coefficient (Wildman–Crippen LogP) is 5.21. The normalized spacial score (nSPS) is 27.2. The number of likely N-dealkylation sites (N-methyl/N-ethyl adjacent to an activating group) is 2. The molecule has 2 aromatic carbocycles. The van der Waals surface area contributed by atoms with E-state index in [2.05, 4.69) is 30.1 Å². The van der Waals surface area contributed by atoms with Crippen molar-refractivity contribution in [3.05, 3.63) is 63.6 Å². The fourth-order valence-electron chi connectivity index (χ4n) is 6.08. The first-order chi connectivity index (χ1) is 16.2. The Morgan fingerprint density at radius 3 is 2.65 bits per heavy atom.